The Bertz CT molecular complexity index is 2230. The number of aromatic nitrogens is 1. The van der Waals surface area contributed by atoms with Crippen LogP contribution in [0.5, 0.6) is 0 Å². The van der Waals surface area contributed by atoms with Crippen molar-refractivity contribution in [2.24, 2.45) is 0 Å². The molecule has 209 valence electrons. The first-order chi connectivity index (χ1) is 20.5. The summed E-state index contributed by atoms with van der Waals surface area (Å²) < 4.78 is 0. The van der Waals surface area contributed by atoms with Gasteiger partial charge in [-0.15, -0.1) is 17.7 Å². The Labute approximate surface area is 269 Å². The third-order valence-corrected chi connectivity index (χ3v) is 13.8. The van der Waals surface area contributed by atoms with Crippen LogP contribution in [0.2, 0.25) is 0 Å². The van der Waals surface area contributed by atoms with Gasteiger partial charge >= 0.3 is 0 Å². The first kappa shape index (κ1) is 26.8. The quantitative estimate of drug-likeness (QED) is 0.125. The predicted molar refractivity (Wildman–Crippen MR) is 183 cm³/mol. The summed E-state index contributed by atoms with van der Waals surface area (Å²) in [6.07, 6.45) is 0. The number of pyridine rings is 1. The molecule has 0 bridgehead atoms. The summed E-state index contributed by atoms with van der Waals surface area (Å²) in [7, 11) is 4.33. The van der Waals surface area contributed by atoms with Crippen molar-refractivity contribution in [1.82, 2.24) is 4.98 Å². The van der Waals surface area contributed by atoms with E-state index in [-0.39, 0.29) is 20.1 Å². The summed E-state index contributed by atoms with van der Waals surface area (Å²) >= 11 is 7.04. The zero-order valence-electron chi connectivity index (χ0n) is 23.5. The SMILES string of the molecule is CN1c2[c-]c(-c3ccc4ccccc4n3)cc3c2P(=S)(c2cc4ccccc4cc21)c1cc2ccccc2cc1N3C.[Ir]. The molecular weight excluding hydrogens is 742 g/mol. The van der Waals surface area contributed by atoms with E-state index in [1.54, 1.807) is 0 Å². The number of hydrogen-bond acceptors (Lipinski definition) is 4. The fraction of sp³-hybridized carbons (Fsp3) is 0.0541. The number of nitrogens with zero attached hydrogens (tertiary/aromatic N) is 3. The molecule has 43 heavy (non-hydrogen) atoms. The van der Waals surface area contributed by atoms with Crippen LogP contribution in [0.15, 0.2) is 115 Å². The molecule has 1 aromatic heterocycles. The molecule has 2 aliphatic heterocycles. The van der Waals surface area contributed by atoms with Crippen LogP contribution in [0.3, 0.4) is 0 Å². The summed E-state index contributed by atoms with van der Waals surface area (Å²) in [5, 5.41) is 9.74. The minimum atomic E-state index is -2.45. The smallest absolute Gasteiger partial charge is 0.0595 e. The molecule has 0 amide bonds. The molecule has 0 N–H and O–H groups in total. The van der Waals surface area contributed by atoms with Crippen molar-refractivity contribution in [3.63, 3.8) is 0 Å². The number of benzene rings is 6. The van der Waals surface area contributed by atoms with E-state index in [0.29, 0.717) is 0 Å². The van der Waals surface area contributed by atoms with E-state index in [1.165, 1.54) is 48.8 Å². The van der Waals surface area contributed by atoms with E-state index in [4.69, 9.17) is 16.8 Å². The van der Waals surface area contributed by atoms with Crippen LogP contribution < -0.4 is 25.7 Å². The molecule has 2 aliphatic rings. The molecule has 6 heteroatoms. The molecular formula is C37H25IrN3PS-. The van der Waals surface area contributed by atoms with Crippen LogP contribution in [0.4, 0.5) is 22.7 Å². The van der Waals surface area contributed by atoms with Crippen LogP contribution in [0, 0.1) is 6.07 Å². The van der Waals surface area contributed by atoms with E-state index >= 15 is 0 Å². The van der Waals surface area contributed by atoms with Gasteiger partial charge in [-0.05, 0) is 79.6 Å². The number of fused-ring (bicyclic) bond motifs is 7. The van der Waals surface area contributed by atoms with Crippen LogP contribution in [-0.4, -0.2) is 19.1 Å². The van der Waals surface area contributed by atoms with Crippen LogP contribution in [0.1, 0.15) is 0 Å². The Balaban J connectivity index is 0.00000278. The maximum Gasteiger partial charge on any atom is 0.0595 e. The zero-order chi connectivity index (χ0) is 28.2. The van der Waals surface area contributed by atoms with Gasteiger partial charge < -0.3 is 9.80 Å². The van der Waals surface area contributed by atoms with Crippen molar-refractivity contribution >= 4 is 89.0 Å². The van der Waals surface area contributed by atoms with Gasteiger partial charge in [0.2, 0.25) is 0 Å². The maximum absolute atomic E-state index is 7.04. The second-order valence-corrected chi connectivity index (χ2v) is 15.5. The number of para-hydroxylation sites is 1. The van der Waals surface area contributed by atoms with Crippen molar-refractivity contribution in [1.29, 1.82) is 0 Å². The van der Waals surface area contributed by atoms with Gasteiger partial charge in [-0.1, -0.05) is 90.7 Å². The van der Waals surface area contributed by atoms with E-state index < -0.39 is 6.04 Å². The number of rotatable bonds is 1. The van der Waals surface area contributed by atoms with E-state index in [0.717, 1.165) is 33.5 Å². The van der Waals surface area contributed by atoms with Gasteiger partial charge in [0, 0.05) is 62.2 Å². The molecule has 7 aromatic rings. The molecule has 1 radical (unpaired) electrons. The summed E-state index contributed by atoms with van der Waals surface area (Å²) in [5.74, 6) is 0. The van der Waals surface area contributed by atoms with Gasteiger partial charge in [0.15, 0.2) is 0 Å². The minimum Gasteiger partial charge on any atom is -0.361 e. The van der Waals surface area contributed by atoms with Crippen molar-refractivity contribution < 1.29 is 20.1 Å². The molecule has 3 nitrogen and oxygen atoms in total. The Morgan fingerprint density at radius 1 is 0.605 bits per heavy atom. The largest absolute Gasteiger partial charge is 0.361 e. The molecule has 6 aromatic carbocycles. The number of hydrogen-bond donors (Lipinski definition) is 0. The van der Waals surface area contributed by atoms with Gasteiger partial charge in [0.25, 0.3) is 0 Å². The number of anilines is 4. The van der Waals surface area contributed by atoms with E-state index in [1.807, 2.05) is 6.07 Å². The second kappa shape index (κ2) is 9.58. The predicted octanol–water partition coefficient (Wildman–Crippen LogP) is 7.92. The summed E-state index contributed by atoms with van der Waals surface area (Å²) in [5.41, 5.74) is 7.41. The minimum absolute atomic E-state index is 0. The monoisotopic (exact) mass is 767 g/mol. The van der Waals surface area contributed by atoms with Crippen molar-refractivity contribution in [3.05, 3.63) is 121 Å². The molecule has 9 rings (SSSR count). The van der Waals surface area contributed by atoms with Gasteiger partial charge in [-0.2, -0.15) is 0 Å². The Hall–Kier alpha value is -3.85. The summed E-state index contributed by atoms with van der Waals surface area (Å²) in [6, 6.07) is 42.8. The first-order valence-corrected chi connectivity index (χ1v) is 16.9. The van der Waals surface area contributed by atoms with Crippen molar-refractivity contribution in [3.8, 4) is 11.3 Å². The third-order valence-electron chi connectivity index (χ3n) is 8.97. The average Bonchev–Trinajstić information content (AvgIpc) is 3.04. The molecule has 0 fully saturated rings. The second-order valence-electron chi connectivity index (χ2n) is 11.3. The van der Waals surface area contributed by atoms with Crippen molar-refractivity contribution in [2.45, 2.75) is 0 Å². The summed E-state index contributed by atoms with van der Waals surface area (Å²) in [4.78, 5) is 9.70. The summed E-state index contributed by atoms with van der Waals surface area (Å²) in [6.45, 7) is 0. The Kier molecular flexibility index (Phi) is 5.96. The first-order valence-electron chi connectivity index (χ1n) is 14.1. The molecule has 0 saturated heterocycles. The molecule has 1 atom stereocenters. The van der Waals surface area contributed by atoms with Crippen LogP contribution in [0.25, 0.3) is 43.7 Å². The molecule has 1 unspecified atom stereocenters. The average molecular weight is 767 g/mol. The maximum atomic E-state index is 7.04. The third kappa shape index (κ3) is 3.70. The van der Waals surface area contributed by atoms with Crippen molar-refractivity contribution in [2.75, 3.05) is 23.9 Å². The van der Waals surface area contributed by atoms with Gasteiger partial charge in [0.05, 0.1) is 5.52 Å². The molecule has 0 saturated carbocycles. The van der Waals surface area contributed by atoms with Crippen LogP contribution >= 0.6 is 6.04 Å². The Morgan fingerprint density at radius 2 is 1.14 bits per heavy atom. The zero-order valence-corrected chi connectivity index (χ0v) is 27.6. The fourth-order valence-corrected chi connectivity index (χ4v) is 11.7. The Morgan fingerprint density at radius 3 is 1.77 bits per heavy atom. The van der Waals surface area contributed by atoms with E-state index in [9.17, 15) is 0 Å². The van der Waals surface area contributed by atoms with Gasteiger partial charge in [-0.25, -0.2) is 0 Å². The topological polar surface area (TPSA) is 19.4 Å². The van der Waals surface area contributed by atoms with E-state index in [2.05, 4.69) is 139 Å². The molecule has 0 aliphatic carbocycles. The standard InChI is InChI=1S/C37H25N3PS.Ir/c1-39-31-17-24-10-3-5-12-26(24)21-35(31)41(42)36-22-27-13-6-4-11-25(27)18-32(36)40(2)34-20-28(19-33(39)37(34)41)30-16-15-23-9-7-8-14-29(23)38-30;/h3-19,21-22H,1-2H3;/q-1;. The van der Waals surface area contributed by atoms with Gasteiger partial charge in [-0.3, -0.25) is 4.98 Å². The fourth-order valence-electron chi connectivity index (χ4n) is 6.81. The van der Waals surface area contributed by atoms with Crippen LogP contribution in [-0.2, 0) is 31.9 Å². The molecule has 0 spiro atoms. The molecule has 3 heterocycles. The van der Waals surface area contributed by atoms with Gasteiger partial charge in [0.1, 0.15) is 0 Å². The normalized spacial score (nSPS) is 16.5.